The molecule has 0 aliphatic rings. The number of furan rings is 1. The molecule has 0 aliphatic carbocycles. The molecule has 0 aliphatic heterocycles. The van der Waals surface area contributed by atoms with Crippen LogP contribution in [0.2, 0.25) is 0 Å². The quantitative estimate of drug-likeness (QED) is 0.171. The van der Waals surface area contributed by atoms with Gasteiger partial charge in [0.15, 0.2) is 0 Å². The molecule has 11 rings (SSSR count). The van der Waals surface area contributed by atoms with Crippen LogP contribution in [0.1, 0.15) is 11.0 Å². The predicted octanol–water partition coefficient (Wildman–Crippen LogP) is 14.6. The number of hydrogen-bond acceptors (Lipinski definition) is 2. The zero-order valence-corrected chi connectivity index (χ0v) is 29.3. The molecule has 2 heterocycles. The molecule has 0 saturated carbocycles. The Bertz CT molecular complexity index is 3580. The van der Waals surface area contributed by atoms with Crippen LogP contribution in [-0.4, -0.2) is 4.57 Å². The average Bonchev–Trinajstić information content (AvgIpc) is 3.86. The molecule has 0 bridgehead atoms. The summed E-state index contributed by atoms with van der Waals surface area (Å²) < 4.78 is 85.4. The average molecular weight is 711 g/mol. The van der Waals surface area contributed by atoms with Crippen molar-refractivity contribution in [2.45, 2.75) is 0 Å². The predicted molar refractivity (Wildman–Crippen MR) is 231 cm³/mol. The monoisotopic (exact) mass is 710 g/mol. The summed E-state index contributed by atoms with van der Waals surface area (Å²) in [5.41, 5.74) is 4.71. The number of para-hydroxylation sites is 4. The van der Waals surface area contributed by atoms with Crippen molar-refractivity contribution >= 4 is 71.6 Å². The zero-order valence-electron chi connectivity index (χ0n) is 37.3. The summed E-state index contributed by atoms with van der Waals surface area (Å²) in [6.07, 6.45) is 0. The van der Waals surface area contributed by atoms with Gasteiger partial charge in [-0.2, -0.15) is 0 Å². The highest BCUT2D eigenvalue weighted by Gasteiger charge is 2.21. The van der Waals surface area contributed by atoms with Crippen LogP contribution in [0.5, 0.6) is 0 Å². The summed E-state index contributed by atoms with van der Waals surface area (Å²) in [6.45, 7) is 0. The maximum atomic E-state index is 9.86. The van der Waals surface area contributed by atoms with Crippen molar-refractivity contribution in [2.24, 2.45) is 0 Å². The molecule has 11 aromatic rings. The number of aromatic nitrogens is 1. The van der Waals surface area contributed by atoms with Gasteiger partial charge in [-0.3, -0.25) is 0 Å². The first-order chi connectivity index (χ1) is 30.7. The standard InChI is InChI=1S/C52H34N2O/c1-2-14-35(15-3-1)36-26-28-37(29-27-36)53(38-30-32-39(33-31-38)54-49-23-11-6-17-41(49)42-18-7-12-24-50(42)54)48-22-10-8-19-43(48)46-34-47-44-20-9-13-25-51(44)55-52(47)45-21-5-4-16-40(45)46/h1-34H/i26D,27D,28D,29D,30D,31D,32D,33D. The summed E-state index contributed by atoms with van der Waals surface area (Å²) in [4.78, 5) is 1.40. The van der Waals surface area contributed by atoms with Crippen molar-refractivity contribution < 1.29 is 15.4 Å². The number of anilines is 3. The number of fused-ring (bicyclic) bond motifs is 8. The van der Waals surface area contributed by atoms with E-state index in [-0.39, 0.29) is 46.8 Å². The molecule has 9 aromatic carbocycles. The van der Waals surface area contributed by atoms with E-state index in [1.54, 1.807) is 41.0 Å². The normalized spacial score (nSPS) is 13.7. The van der Waals surface area contributed by atoms with E-state index in [9.17, 15) is 11.0 Å². The molecular formula is C52H34N2O. The minimum absolute atomic E-state index is 0.0432. The topological polar surface area (TPSA) is 21.3 Å². The summed E-state index contributed by atoms with van der Waals surface area (Å²) in [7, 11) is 0. The lowest BCUT2D eigenvalue weighted by Crippen LogP contribution is -2.11. The van der Waals surface area contributed by atoms with Crippen molar-refractivity contribution in [3.05, 3.63) is 206 Å². The van der Waals surface area contributed by atoms with Crippen LogP contribution in [-0.2, 0) is 0 Å². The third kappa shape index (κ3) is 5.05. The van der Waals surface area contributed by atoms with Gasteiger partial charge in [-0.05, 0) is 88.7 Å². The van der Waals surface area contributed by atoms with E-state index in [4.69, 9.17) is 4.42 Å². The van der Waals surface area contributed by atoms with Crippen LogP contribution >= 0.6 is 0 Å². The Labute approximate surface area is 329 Å². The molecule has 0 radical (unpaired) electrons. The Morgan fingerprint density at radius 2 is 0.964 bits per heavy atom. The summed E-state index contributed by atoms with van der Waals surface area (Å²) in [5.74, 6) is 0. The van der Waals surface area contributed by atoms with Gasteiger partial charge in [0.25, 0.3) is 0 Å². The van der Waals surface area contributed by atoms with E-state index in [1.165, 1.54) is 4.90 Å². The van der Waals surface area contributed by atoms with Crippen LogP contribution in [0, 0.1) is 0 Å². The summed E-state index contributed by atoms with van der Waals surface area (Å²) in [6, 6.07) is 46.1. The second-order valence-corrected chi connectivity index (χ2v) is 13.5. The van der Waals surface area contributed by atoms with Crippen LogP contribution < -0.4 is 4.90 Å². The van der Waals surface area contributed by atoms with E-state index < -0.39 is 24.2 Å². The summed E-state index contributed by atoms with van der Waals surface area (Å²) >= 11 is 0. The number of nitrogens with zero attached hydrogens (tertiary/aromatic N) is 2. The Morgan fingerprint density at radius 1 is 0.418 bits per heavy atom. The molecule has 0 spiro atoms. The van der Waals surface area contributed by atoms with Crippen molar-refractivity contribution in [2.75, 3.05) is 4.90 Å². The highest BCUT2D eigenvalue weighted by Crippen LogP contribution is 2.46. The number of hydrogen-bond donors (Lipinski definition) is 0. The van der Waals surface area contributed by atoms with Gasteiger partial charge in [0.05, 0.1) is 27.7 Å². The van der Waals surface area contributed by atoms with Gasteiger partial charge >= 0.3 is 0 Å². The van der Waals surface area contributed by atoms with Crippen molar-refractivity contribution in [3.8, 4) is 27.9 Å². The van der Waals surface area contributed by atoms with Crippen molar-refractivity contribution in [1.29, 1.82) is 0 Å². The smallest absolute Gasteiger partial charge is 0.143 e. The van der Waals surface area contributed by atoms with Crippen LogP contribution in [0.4, 0.5) is 17.1 Å². The molecule has 0 unspecified atom stereocenters. The minimum Gasteiger partial charge on any atom is -0.455 e. The van der Waals surface area contributed by atoms with E-state index in [1.807, 2.05) is 121 Å². The van der Waals surface area contributed by atoms with Crippen LogP contribution in [0.15, 0.2) is 210 Å². The fourth-order valence-corrected chi connectivity index (χ4v) is 7.87. The summed E-state index contributed by atoms with van der Waals surface area (Å²) in [5, 5.41) is 5.22. The first-order valence-electron chi connectivity index (χ1n) is 22.1. The fourth-order valence-electron chi connectivity index (χ4n) is 7.87. The first kappa shape index (κ1) is 24.1. The molecule has 55 heavy (non-hydrogen) atoms. The highest BCUT2D eigenvalue weighted by atomic mass is 16.3. The van der Waals surface area contributed by atoms with E-state index in [2.05, 4.69) is 0 Å². The molecule has 258 valence electrons. The largest absolute Gasteiger partial charge is 0.455 e. The molecule has 0 atom stereocenters. The molecule has 2 aromatic heterocycles. The Hall–Kier alpha value is -7.36. The number of benzene rings is 9. The third-order valence-corrected chi connectivity index (χ3v) is 10.3. The van der Waals surface area contributed by atoms with Gasteiger partial charge in [0, 0.05) is 49.6 Å². The van der Waals surface area contributed by atoms with Gasteiger partial charge < -0.3 is 13.9 Å². The molecule has 0 saturated heterocycles. The zero-order chi connectivity index (χ0) is 43.3. The van der Waals surface area contributed by atoms with Crippen molar-refractivity contribution in [1.82, 2.24) is 4.57 Å². The molecule has 0 amide bonds. The maximum absolute atomic E-state index is 9.86. The van der Waals surface area contributed by atoms with E-state index in [0.717, 1.165) is 43.5 Å². The molecular weight excluding hydrogens is 669 g/mol. The lowest BCUT2D eigenvalue weighted by atomic mass is 9.93. The van der Waals surface area contributed by atoms with Crippen molar-refractivity contribution in [3.63, 3.8) is 0 Å². The lowest BCUT2D eigenvalue weighted by molar-refractivity contribution is 0.672. The lowest BCUT2D eigenvalue weighted by Gasteiger charge is -2.28. The molecule has 3 nitrogen and oxygen atoms in total. The number of rotatable bonds is 6. The third-order valence-electron chi connectivity index (χ3n) is 10.3. The second kappa shape index (κ2) is 12.6. The SMILES string of the molecule is [2H]c1c([2H])c(N(c2ccccc2-c2cc3c4ccccc4oc3c3ccccc23)c2c([2H])c([2H])c(-n3c4ccccc4c4ccccc43)c([2H])c2[2H])c([2H])c([2H])c1-c1ccccc1. The van der Waals surface area contributed by atoms with Crippen LogP contribution in [0.25, 0.3) is 82.5 Å². The highest BCUT2D eigenvalue weighted by molar-refractivity contribution is 6.20. The second-order valence-electron chi connectivity index (χ2n) is 13.5. The van der Waals surface area contributed by atoms with Gasteiger partial charge in [-0.15, -0.1) is 0 Å². The molecule has 0 N–H and O–H groups in total. The molecule has 3 heteroatoms. The Morgan fingerprint density at radius 3 is 1.67 bits per heavy atom. The van der Waals surface area contributed by atoms with E-state index >= 15 is 0 Å². The Balaban J connectivity index is 1.25. The van der Waals surface area contributed by atoms with Gasteiger partial charge in [-0.25, -0.2) is 0 Å². The first-order valence-corrected chi connectivity index (χ1v) is 18.1. The van der Waals surface area contributed by atoms with Gasteiger partial charge in [0.2, 0.25) is 0 Å². The van der Waals surface area contributed by atoms with Gasteiger partial charge in [-0.1, -0.05) is 139 Å². The minimum atomic E-state index is -0.423. The fraction of sp³-hybridized carbons (Fsp3) is 0. The maximum Gasteiger partial charge on any atom is 0.143 e. The Kier molecular flexibility index (Phi) is 5.53. The molecule has 0 fully saturated rings. The van der Waals surface area contributed by atoms with Gasteiger partial charge in [0.1, 0.15) is 11.2 Å². The van der Waals surface area contributed by atoms with E-state index in [0.29, 0.717) is 33.4 Å². The van der Waals surface area contributed by atoms with Crippen LogP contribution in [0.3, 0.4) is 0 Å².